The number of fused-ring (bicyclic) bond motifs is 8. The van der Waals surface area contributed by atoms with E-state index in [-0.39, 0.29) is 5.28 Å². The SMILES string of the molecule is Cc1cc(Cl)cc2[nH]ccc12.O=S1CCN(Cc2cnc3oc4c(N5CCOCC5)nc(-c5cc(Cl)cc6[nH]ccc56)nc4c3c2)CC1.O=S1CCN(Cc2cnc3oc4c(N5CCOCC5)nc(Cl)nc4c3c2)CC1. The highest BCUT2D eigenvalue weighted by atomic mass is 35.5. The Labute approximate surface area is 456 Å². The number of aromatic amines is 2. The number of aromatic nitrogens is 8. The number of hydrogen-bond donors (Lipinski definition) is 2. The third kappa shape index (κ3) is 10.9. The number of benzene rings is 2. The van der Waals surface area contributed by atoms with Crippen LogP contribution in [0.5, 0.6) is 0 Å². The second-order valence-electron chi connectivity index (χ2n) is 19.1. The van der Waals surface area contributed by atoms with Crippen LogP contribution in [0.25, 0.3) is 77.6 Å². The van der Waals surface area contributed by atoms with Gasteiger partial charge in [-0.05, 0) is 83.7 Å². The van der Waals surface area contributed by atoms with E-state index in [4.69, 9.17) is 63.1 Å². The third-order valence-corrected chi connectivity index (χ3v) is 17.2. The molecule has 2 aromatic carbocycles. The molecule has 0 saturated carbocycles. The standard InChI is InChI=1S/C26H25ClN6O3S.C18H20ClN5O3S.C9H8ClN/c27-17-12-19(18-1-2-28-21(18)13-17)24-30-22-20-11-16(15-32-5-9-37(34)10-6-32)14-29-26(20)36-23(22)25(31-24)33-3-7-35-8-4-33;19-18-21-14-13-9-12(11-23-3-7-28(25)8-4-23)10-20-17(13)27-15(14)16(22-18)24-1-5-26-6-2-24;1-6-4-7(10)5-9-8(6)2-3-11-9/h1-2,11-14,28H,3-10,15H2;9-10H,1-8,11H2;2-5,11H,1H3. The van der Waals surface area contributed by atoms with Crippen LogP contribution >= 0.6 is 34.8 Å². The fourth-order valence-electron chi connectivity index (χ4n) is 10.2. The average molecular weight is 1120 g/mol. The molecule has 4 aliphatic heterocycles. The number of furan rings is 2. The molecule has 0 radical (unpaired) electrons. The molecule has 23 heteroatoms. The van der Waals surface area contributed by atoms with Gasteiger partial charge < -0.3 is 38.1 Å². The topological polar surface area (TPSA) is 201 Å². The van der Waals surface area contributed by atoms with Crippen LogP contribution in [0.2, 0.25) is 15.3 Å². The molecule has 14 rings (SSSR count). The van der Waals surface area contributed by atoms with E-state index in [0.717, 1.165) is 136 Å². The Morgan fingerprint density at radius 2 is 1.05 bits per heavy atom. The smallest absolute Gasteiger partial charge is 0.229 e. The number of morpholine rings is 2. The lowest BCUT2D eigenvalue weighted by Gasteiger charge is -2.27. The number of H-pyrrole nitrogens is 2. The minimum atomic E-state index is -0.703. The van der Waals surface area contributed by atoms with Crippen molar-refractivity contribution in [3.63, 3.8) is 0 Å². The predicted molar refractivity (Wildman–Crippen MR) is 302 cm³/mol. The molecular weight excluding hydrogens is 1070 g/mol. The number of pyridine rings is 2. The van der Waals surface area contributed by atoms with E-state index in [2.05, 4.69) is 74.6 Å². The Bertz CT molecular complexity index is 3800. The van der Waals surface area contributed by atoms with Gasteiger partial charge in [0.25, 0.3) is 0 Å². The maximum Gasteiger partial charge on any atom is 0.229 e. The molecule has 12 heterocycles. The highest BCUT2D eigenvalue weighted by Gasteiger charge is 2.26. The number of aryl methyl sites for hydroxylation is 1. The van der Waals surface area contributed by atoms with Gasteiger partial charge in [0.15, 0.2) is 28.6 Å². The third-order valence-electron chi connectivity index (χ3n) is 14.1. The van der Waals surface area contributed by atoms with Crippen molar-refractivity contribution in [3.8, 4) is 11.4 Å². The van der Waals surface area contributed by atoms with Gasteiger partial charge in [0.2, 0.25) is 16.7 Å². The van der Waals surface area contributed by atoms with Gasteiger partial charge in [-0.15, -0.1) is 0 Å². The minimum absolute atomic E-state index is 0.195. The Kier molecular flexibility index (Phi) is 14.9. The first kappa shape index (κ1) is 51.0. The molecule has 0 amide bonds. The van der Waals surface area contributed by atoms with Gasteiger partial charge in [-0.2, -0.15) is 4.98 Å². The largest absolute Gasteiger partial charge is 0.432 e. The van der Waals surface area contributed by atoms with Gasteiger partial charge in [0.05, 0.1) is 37.2 Å². The predicted octanol–water partition coefficient (Wildman–Crippen LogP) is 8.93. The quantitative estimate of drug-likeness (QED) is 0.143. The van der Waals surface area contributed by atoms with E-state index in [0.29, 0.717) is 84.3 Å². The molecule has 18 nitrogen and oxygen atoms in total. The summed E-state index contributed by atoms with van der Waals surface area (Å²) in [5.41, 5.74) is 10.0. The van der Waals surface area contributed by atoms with Crippen LogP contribution in [-0.4, -0.2) is 160 Å². The molecule has 0 unspecified atom stereocenters. The van der Waals surface area contributed by atoms with Crippen LogP contribution in [0.4, 0.5) is 11.6 Å². The van der Waals surface area contributed by atoms with Crippen molar-refractivity contribution in [1.82, 2.24) is 49.7 Å². The van der Waals surface area contributed by atoms with E-state index in [1.807, 2.05) is 55.1 Å². The Hall–Kier alpha value is -5.81. The number of hydrogen-bond acceptors (Lipinski definition) is 16. The van der Waals surface area contributed by atoms with E-state index in [1.54, 1.807) is 0 Å². The van der Waals surface area contributed by atoms with E-state index in [1.165, 1.54) is 10.9 Å². The first-order valence-electron chi connectivity index (χ1n) is 25.2. The first-order chi connectivity index (χ1) is 37.1. The second-order valence-corrected chi connectivity index (χ2v) is 23.7. The summed E-state index contributed by atoms with van der Waals surface area (Å²) >= 11 is 18.6. The van der Waals surface area contributed by atoms with E-state index in [9.17, 15) is 8.42 Å². The summed E-state index contributed by atoms with van der Waals surface area (Å²) < 4.78 is 46.7. The van der Waals surface area contributed by atoms with Crippen LogP contribution in [-0.2, 0) is 44.2 Å². The van der Waals surface area contributed by atoms with Gasteiger partial charge in [-0.3, -0.25) is 18.2 Å². The van der Waals surface area contributed by atoms with Crippen LogP contribution in [0.3, 0.4) is 0 Å². The number of nitrogens with zero attached hydrogens (tertiary/aromatic N) is 10. The molecule has 10 aromatic rings. The zero-order valence-electron chi connectivity index (χ0n) is 41.5. The van der Waals surface area contributed by atoms with E-state index >= 15 is 0 Å². The van der Waals surface area contributed by atoms with Crippen LogP contribution < -0.4 is 9.80 Å². The van der Waals surface area contributed by atoms with Gasteiger partial charge in [-0.1, -0.05) is 23.2 Å². The lowest BCUT2D eigenvalue weighted by molar-refractivity contribution is 0.122. The Morgan fingerprint density at radius 1 is 0.566 bits per heavy atom. The summed E-state index contributed by atoms with van der Waals surface area (Å²) in [5.74, 6) is 4.93. The molecule has 76 heavy (non-hydrogen) atoms. The lowest BCUT2D eigenvalue weighted by atomic mass is 10.1. The molecule has 4 saturated heterocycles. The minimum Gasteiger partial charge on any atom is -0.432 e. The summed E-state index contributed by atoms with van der Waals surface area (Å²) in [6, 6.07) is 16.0. The molecule has 0 spiro atoms. The summed E-state index contributed by atoms with van der Waals surface area (Å²) in [5, 5.41) is 5.55. The number of anilines is 2. The number of ether oxygens (including phenoxy) is 2. The summed E-state index contributed by atoms with van der Waals surface area (Å²) in [6.07, 6.45) is 7.51. The lowest BCUT2D eigenvalue weighted by Crippen LogP contribution is -2.37. The molecule has 394 valence electrons. The fourth-order valence-corrected chi connectivity index (χ4v) is 13.1. The van der Waals surface area contributed by atoms with Crippen molar-refractivity contribution in [2.24, 2.45) is 0 Å². The molecule has 0 atom stereocenters. The Morgan fingerprint density at radius 3 is 1.61 bits per heavy atom. The molecule has 4 aliphatic rings. The van der Waals surface area contributed by atoms with Crippen molar-refractivity contribution in [1.29, 1.82) is 0 Å². The Balaban J connectivity index is 0.000000131. The first-order valence-corrected chi connectivity index (χ1v) is 29.3. The highest BCUT2D eigenvalue weighted by molar-refractivity contribution is 7.85. The molecular formula is C53H53Cl3N12O6S2. The highest BCUT2D eigenvalue weighted by Crippen LogP contribution is 2.38. The summed E-state index contributed by atoms with van der Waals surface area (Å²) in [4.78, 5) is 43.3. The van der Waals surface area contributed by atoms with Gasteiger partial charge in [-0.25, -0.2) is 24.9 Å². The molecule has 4 fully saturated rings. The number of nitrogens with one attached hydrogen (secondary N) is 2. The van der Waals surface area contributed by atoms with Crippen LogP contribution in [0, 0.1) is 6.92 Å². The van der Waals surface area contributed by atoms with Crippen LogP contribution in [0.1, 0.15) is 16.7 Å². The van der Waals surface area contributed by atoms with Crippen molar-refractivity contribution in [2.45, 2.75) is 20.0 Å². The summed E-state index contributed by atoms with van der Waals surface area (Å²) in [6.45, 7) is 12.3. The van der Waals surface area contributed by atoms with Gasteiger partial charge in [0, 0.05) is 172 Å². The zero-order chi connectivity index (χ0) is 51.9. The van der Waals surface area contributed by atoms with Crippen molar-refractivity contribution >= 4 is 134 Å². The monoisotopic (exact) mass is 1120 g/mol. The molecule has 0 aliphatic carbocycles. The van der Waals surface area contributed by atoms with Crippen molar-refractivity contribution in [3.05, 3.63) is 105 Å². The summed E-state index contributed by atoms with van der Waals surface area (Å²) in [7, 11) is -1.38. The maximum absolute atomic E-state index is 11.8. The molecule has 8 aromatic heterocycles. The van der Waals surface area contributed by atoms with Crippen molar-refractivity contribution in [2.75, 3.05) is 112 Å². The molecule has 0 bridgehead atoms. The van der Waals surface area contributed by atoms with Gasteiger partial charge in [0.1, 0.15) is 11.0 Å². The van der Waals surface area contributed by atoms with Gasteiger partial charge >= 0.3 is 0 Å². The molecule has 2 N–H and O–H groups in total. The normalized spacial score (nSPS) is 17.5. The van der Waals surface area contributed by atoms with Crippen molar-refractivity contribution < 1.29 is 26.7 Å². The van der Waals surface area contributed by atoms with Crippen LogP contribution in [0.15, 0.2) is 82.2 Å². The second kappa shape index (κ2) is 22.3. The zero-order valence-corrected chi connectivity index (χ0v) is 45.4. The number of rotatable bonds is 7. The van der Waals surface area contributed by atoms with E-state index < -0.39 is 21.6 Å². The fraction of sp³-hybridized carbons (Fsp3) is 0.358. The average Bonchev–Trinajstić information content (AvgIpc) is 4.27. The number of halogens is 3. The maximum atomic E-state index is 11.8.